The average Bonchev–Trinajstić information content (AvgIpc) is 2.88. The van der Waals surface area contributed by atoms with E-state index >= 15 is 0 Å². The van der Waals surface area contributed by atoms with Crippen LogP contribution in [0.5, 0.6) is 0 Å². The summed E-state index contributed by atoms with van der Waals surface area (Å²) in [6.45, 7) is 0. The van der Waals surface area contributed by atoms with Gasteiger partial charge in [0.2, 0.25) is 0 Å². The van der Waals surface area contributed by atoms with Crippen LogP contribution in [0.15, 0.2) is 35.3 Å². The molecule has 0 bridgehead atoms. The first-order valence-electron chi connectivity index (χ1n) is 4.97. The molecule has 0 saturated carbocycles. The fraction of sp³-hybridized carbons (Fsp3) is 0. The summed E-state index contributed by atoms with van der Waals surface area (Å²) in [5.41, 5.74) is 0.253. The van der Waals surface area contributed by atoms with Gasteiger partial charge in [-0.1, -0.05) is 11.6 Å². The van der Waals surface area contributed by atoms with E-state index in [1.165, 1.54) is 34.5 Å². The lowest BCUT2D eigenvalue weighted by molar-refractivity contribution is 0.596. The highest BCUT2D eigenvalue weighted by molar-refractivity contribution is 7.92. The number of anilines is 1. The van der Waals surface area contributed by atoms with Crippen molar-refractivity contribution in [1.82, 2.24) is 19.4 Å². The van der Waals surface area contributed by atoms with Crippen molar-refractivity contribution >= 4 is 43.6 Å². The van der Waals surface area contributed by atoms with Crippen LogP contribution in [-0.4, -0.2) is 27.8 Å². The average molecular weight is 316 g/mol. The maximum atomic E-state index is 12.3. The van der Waals surface area contributed by atoms with Crippen LogP contribution < -0.4 is 4.72 Å². The number of fused-ring (bicyclic) bond motifs is 1. The molecule has 0 spiro atoms. The van der Waals surface area contributed by atoms with Gasteiger partial charge >= 0.3 is 0 Å². The van der Waals surface area contributed by atoms with E-state index in [1.807, 2.05) is 0 Å². The molecular formula is C9H6ClN5O2S2. The summed E-state index contributed by atoms with van der Waals surface area (Å²) < 4.78 is 28.3. The van der Waals surface area contributed by atoms with Crippen LogP contribution in [0, 0.1) is 0 Å². The van der Waals surface area contributed by atoms with Crippen molar-refractivity contribution in [2.45, 2.75) is 5.03 Å². The Morgan fingerprint density at radius 1 is 1.32 bits per heavy atom. The van der Waals surface area contributed by atoms with E-state index in [2.05, 4.69) is 19.7 Å². The molecule has 0 radical (unpaired) electrons. The second-order valence-electron chi connectivity index (χ2n) is 3.50. The summed E-state index contributed by atoms with van der Waals surface area (Å²) in [4.78, 5) is 12.0. The molecule has 0 saturated heterocycles. The lowest BCUT2D eigenvalue weighted by Gasteiger charge is -2.06. The number of nitrogens with one attached hydrogen (secondary N) is 1. The van der Waals surface area contributed by atoms with Gasteiger partial charge in [-0.3, -0.25) is 9.12 Å². The standard InChI is InChI=1S/C9H6ClN5O2S2/c10-7-8(15-1-2-18-9(15)13-7)19(16,17)14-6-3-11-5-12-4-6/h1-5,14H. The largest absolute Gasteiger partial charge is 0.281 e. The Bertz CT molecular complexity index is 827. The lowest BCUT2D eigenvalue weighted by atomic mass is 10.6. The Kier molecular flexibility index (Phi) is 2.88. The Balaban J connectivity index is 2.10. The first-order valence-corrected chi connectivity index (χ1v) is 7.71. The molecule has 19 heavy (non-hydrogen) atoms. The molecule has 0 aliphatic heterocycles. The fourth-order valence-corrected chi connectivity index (χ4v) is 4.02. The van der Waals surface area contributed by atoms with Crippen LogP contribution in [-0.2, 0) is 10.0 Å². The van der Waals surface area contributed by atoms with Crippen LogP contribution in [0.25, 0.3) is 4.96 Å². The van der Waals surface area contributed by atoms with Crippen molar-refractivity contribution in [1.29, 1.82) is 0 Å². The van der Waals surface area contributed by atoms with E-state index in [9.17, 15) is 8.42 Å². The van der Waals surface area contributed by atoms with Gasteiger partial charge in [0.05, 0.1) is 18.1 Å². The second-order valence-corrected chi connectivity index (χ2v) is 6.32. The SMILES string of the molecule is O=S(=O)(Nc1cncnc1)c1c(Cl)nc2sccn12. The predicted octanol–water partition coefficient (Wildman–Crippen LogP) is 1.64. The van der Waals surface area contributed by atoms with E-state index in [-0.39, 0.29) is 15.9 Å². The zero-order valence-electron chi connectivity index (χ0n) is 9.19. The number of nitrogens with zero attached hydrogens (tertiary/aromatic N) is 4. The minimum atomic E-state index is -3.85. The topological polar surface area (TPSA) is 89.2 Å². The van der Waals surface area contributed by atoms with Crippen LogP contribution in [0.3, 0.4) is 0 Å². The molecule has 0 aliphatic carbocycles. The normalized spacial score (nSPS) is 11.8. The van der Waals surface area contributed by atoms with Crippen molar-refractivity contribution in [2.24, 2.45) is 0 Å². The molecule has 0 amide bonds. The number of hydrogen-bond acceptors (Lipinski definition) is 6. The molecule has 3 heterocycles. The van der Waals surface area contributed by atoms with E-state index < -0.39 is 10.0 Å². The highest BCUT2D eigenvalue weighted by Gasteiger charge is 2.25. The Labute approximate surface area is 117 Å². The Hall–Kier alpha value is -1.71. The van der Waals surface area contributed by atoms with Crippen LogP contribution in [0.2, 0.25) is 5.15 Å². The van der Waals surface area contributed by atoms with Gasteiger partial charge in [-0.05, 0) is 0 Å². The molecule has 0 unspecified atom stereocenters. The third-order valence-corrected chi connectivity index (χ3v) is 4.78. The molecule has 0 aromatic carbocycles. The quantitative estimate of drug-likeness (QED) is 0.793. The molecule has 10 heteroatoms. The number of thiazole rings is 1. The highest BCUT2D eigenvalue weighted by atomic mass is 35.5. The van der Waals surface area contributed by atoms with Gasteiger partial charge in [-0.2, -0.15) is 8.42 Å². The molecule has 98 valence electrons. The predicted molar refractivity (Wildman–Crippen MR) is 70.9 cm³/mol. The van der Waals surface area contributed by atoms with Crippen molar-refractivity contribution in [3.05, 3.63) is 35.5 Å². The number of rotatable bonds is 3. The molecule has 3 rings (SSSR count). The summed E-state index contributed by atoms with van der Waals surface area (Å²) in [5, 5.41) is 1.55. The third kappa shape index (κ3) is 2.15. The van der Waals surface area contributed by atoms with Crippen LogP contribution in [0.4, 0.5) is 5.69 Å². The van der Waals surface area contributed by atoms with Crippen LogP contribution >= 0.6 is 22.9 Å². The summed E-state index contributed by atoms with van der Waals surface area (Å²) >= 11 is 7.18. The number of sulfonamides is 1. The van der Waals surface area contributed by atoms with E-state index in [1.54, 1.807) is 11.6 Å². The highest BCUT2D eigenvalue weighted by Crippen LogP contribution is 2.26. The van der Waals surface area contributed by atoms with E-state index in [0.717, 1.165) is 0 Å². The molecule has 7 nitrogen and oxygen atoms in total. The van der Waals surface area contributed by atoms with Gasteiger partial charge in [-0.25, -0.2) is 15.0 Å². The zero-order valence-corrected chi connectivity index (χ0v) is 11.6. The van der Waals surface area contributed by atoms with E-state index in [0.29, 0.717) is 4.96 Å². The Morgan fingerprint density at radius 3 is 2.79 bits per heavy atom. The molecule has 0 fully saturated rings. The molecule has 0 atom stereocenters. The smallest absolute Gasteiger partial charge is 0.278 e. The minimum Gasteiger partial charge on any atom is -0.278 e. The third-order valence-electron chi connectivity index (χ3n) is 2.25. The maximum Gasteiger partial charge on any atom is 0.281 e. The van der Waals surface area contributed by atoms with Gasteiger partial charge in [0.15, 0.2) is 15.1 Å². The number of imidazole rings is 1. The fourth-order valence-electron chi connectivity index (χ4n) is 1.53. The van der Waals surface area contributed by atoms with Gasteiger partial charge < -0.3 is 0 Å². The lowest BCUT2D eigenvalue weighted by Crippen LogP contribution is -2.15. The van der Waals surface area contributed by atoms with Crippen molar-refractivity contribution in [3.8, 4) is 0 Å². The number of hydrogen-bond donors (Lipinski definition) is 1. The molecule has 3 aromatic heterocycles. The van der Waals surface area contributed by atoms with Crippen LogP contribution in [0.1, 0.15) is 0 Å². The minimum absolute atomic E-state index is 0.0730. The molecule has 3 aromatic rings. The number of halogens is 1. The zero-order chi connectivity index (χ0) is 13.5. The Morgan fingerprint density at radius 2 is 2.05 bits per heavy atom. The molecule has 0 aliphatic rings. The summed E-state index contributed by atoms with van der Waals surface area (Å²) in [7, 11) is -3.85. The van der Waals surface area contributed by atoms with Gasteiger partial charge in [0.1, 0.15) is 6.33 Å². The van der Waals surface area contributed by atoms with Crippen molar-refractivity contribution in [2.75, 3.05) is 4.72 Å². The number of aromatic nitrogens is 4. The monoisotopic (exact) mass is 315 g/mol. The summed E-state index contributed by atoms with van der Waals surface area (Å²) in [5.74, 6) is 0. The first kappa shape index (κ1) is 12.3. The molecular weight excluding hydrogens is 310 g/mol. The summed E-state index contributed by atoms with van der Waals surface area (Å²) in [6.07, 6.45) is 5.60. The first-order chi connectivity index (χ1) is 9.08. The van der Waals surface area contributed by atoms with E-state index in [4.69, 9.17) is 11.6 Å². The maximum absolute atomic E-state index is 12.3. The van der Waals surface area contributed by atoms with Gasteiger partial charge in [0, 0.05) is 11.6 Å². The van der Waals surface area contributed by atoms with Gasteiger partial charge in [0.25, 0.3) is 10.0 Å². The van der Waals surface area contributed by atoms with Crippen molar-refractivity contribution in [3.63, 3.8) is 0 Å². The second kappa shape index (κ2) is 4.44. The van der Waals surface area contributed by atoms with Crippen molar-refractivity contribution < 1.29 is 8.42 Å². The molecule has 1 N–H and O–H groups in total. The summed E-state index contributed by atoms with van der Waals surface area (Å²) in [6, 6.07) is 0. The van der Waals surface area contributed by atoms with Gasteiger partial charge in [-0.15, -0.1) is 11.3 Å².